The van der Waals surface area contributed by atoms with Gasteiger partial charge in [0, 0.05) is 39.8 Å². The molecule has 0 radical (unpaired) electrons. The number of aryl methyl sites for hydroxylation is 1. The predicted molar refractivity (Wildman–Crippen MR) is 399 cm³/mol. The van der Waals surface area contributed by atoms with E-state index in [1.54, 1.807) is 73.7 Å². The van der Waals surface area contributed by atoms with Gasteiger partial charge in [-0.25, -0.2) is 0 Å². The molecule has 562 valence electrons. The zero-order valence-corrected chi connectivity index (χ0v) is 60.9. The molecule has 0 aliphatic rings. The quantitative estimate of drug-likeness (QED) is 0.0187. The van der Waals surface area contributed by atoms with Gasteiger partial charge < -0.3 is 94.1 Å². The Morgan fingerprint density at radius 1 is 0.295 bits per heavy atom. The first-order chi connectivity index (χ1) is 49.8. The highest BCUT2D eigenvalue weighted by Crippen LogP contribution is 2.42. The van der Waals surface area contributed by atoms with Crippen molar-refractivity contribution < 1.29 is 123 Å². The van der Waals surface area contributed by atoms with Crippen molar-refractivity contribution in [1.29, 1.82) is 0 Å². The van der Waals surface area contributed by atoms with E-state index in [1.807, 2.05) is 30.3 Å². The second kappa shape index (κ2) is 48.4. The molecular weight excluding hydrogens is 1360 g/mol. The number of rotatable bonds is 25. The first-order valence-electron chi connectivity index (χ1n) is 31.6. The standard InChI is InChI=1S/C13H16O4.3C12H14O4.C11H12O4.C10H10O4.C10H12O/c1-9(15)4-5-10-6-7-12(16-2)13(17-3)11(10)8-14;1-8(13)4-5-9-6-7-10(15-2)12(16-3)11(9)14;1-8(14)3-4-9-5-6-11(16-2)12(15)10(9)7-13;1-8(14)3-4-9-5-6-11(15)12(16-2)10(9)7-13;1-7(12)3-4-8-5-6-9(15-2)11(14)10(8)13;1-6(11)2-3-7-4-5-8(12)10(14)9(7)13;1-9(11)7-8-10-5-3-2-4-6-10/h4-7,14H,8H2,1-3H3;4-7,14H,1-3H3;2*3-6,13,15H,7H2,1-2H3;3-6,13-14H,1-2H3;2-5,12-14H,1H3;2-6H,7-8H2,1H3/b2*5-4+;3*4-3+;3-2+;. The number of ketones is 7. The minimum Gasteiger partial charge on any atom is -0.504 e. The number of hydrogen-bond acceptors (Lipinski definition) is 25. The van der Waals surface area contributed by atoms with E-state index in [1.165, 1.54) is 176 Å². The Bertz CT molecular complexity index is 4230. The third-order valence-corrected chi connectivity index (χ3v) is 13.8. The van der Waals surface area contributed by atoms with Crippen LogP contribution in [0.3, 0.4) is 0 Å². The molecule has 0 heterocycles. The predicted octanol–water partition coefficient (Wildman–Crippen LogP) is 12.1. The zero-order chi connectivity index (χ0) is 79.5. The SMILES string of the molecule is CC(=O)/C=C/c1ccc(O)c(O)c1O.CC(=O)CCc1ccccc1.COc1c(O)ccc(/C=C/C(C)=O)c1CO.COc1ccc(/C=C/C(C)=O)c(CO)c1O.COc1ccc(/C=C/C(C)=O)c(CO)c1OC.COc1ccc(/C=C/C(C)=O)c(O)c1O.COc1ccc(/C=C/C(C)=O)c(O)c1OC. The van der Waals surface area contributed by atoms with Gasteiger partial charge in [0.15, 0.2) is 104 Å². The summed E-state index contributed by atoms with van der Waals surface area (Å²) in [5.74, 6) is -0.157. The summed E-state index contributed by atoms with van der Waals surface area (Å²) in [6, 6.07) is 28.9. The van der Waals surface area contributed by atoms with E-state index in [2.05, 4.69) is 0 Å². The van der Waals surface area contributed by atoms with Crippen molar-refractivity contribution in [3.63, 3.8) is 0 Å². The van der Waals surface area contributed by atoms with Gasteiger partial charge in [0.2, 0.25) is 17.2 Å². The van der Waals surface area contributed by atoms with Crippen LogP contribution in [0.2, 0.25) is 0 Å². The zero-order valence-electron chi connectivity index (χ0n) is 60.9. The average molecular weight is 1450 g/mol. The fraction of sp³-hybridized carbons (Fsp3) is 0.237. The second-order valence-electron chi connectivity index (χ2n) is 21.7. The van der Waals surface area contributed by atoms with E-state index < -0.39 is 17.2 Å². The molecule has 7 aromatic carbocycles. The van der Waals surface area contributed by atoms with E-state index in [0.29, 0.717) is 68.4 Å². The number of phenols is 8. The molecule has 11 N–H and O–H groups in total. The lowest BCUT2D eigenvalue weighted by molar-refractivity contribution is -0.117. The summed E-state index contributed by atoms with van der Waals surface area (Å²) in [4.78, 5) is 75.2. The van der Waals surface area contributed by atoms with Crippen LogP contribution in [0.5, 0.6) is 86.2 Å². The highest BCUT2D eigenvalue weighted by atomic mass is 16.5. The molecule has 0 bridgehead atoms. The Morgan fingerprint density at radius 2 is 0.600 bits per heavy atom. The highest BCUT2D eigenvalue weighted by Gasteiger charge is 2.17. The number of phenolic OH excluding ortho intramolecular Hbond substituents is 7. The number of carbonyl (C=O) groups excluding carboxylic acids is 7. The molecular formula is C80H92O25. The number of allylic oxidation sites excluding steroid dienone is 6. The van der Waals surface area contributed by atoms with Gasteiger partial charge in [-0.1, -0.05) is 66.8 Å². The summed E-state index contributed by atoms with van der Waals surface area (Å²) in [6.07, 6.45) is 18.8. The van der Waals surface area contributed by atoms with Crippen LogP contribution in [0.1, 0.15) is 111 Å². The number of carbonyl (C=O) groups is 7. The molecule has 0 aromatic heterocycles. The smallest absolute Gasteiger partial charge is 0.203 e. The highest BCUT2D eigenvalue weighted by molar-refractivity contribution is 5.95. The molecule has 7 rings (SSSR count). The van der Waals surface area contributed by atoms with E-state index in [4.69, 9.17) is 48.5 Å². The molecule has 0 amide bonds. The van der Waals surface area contributed by atoms with Gasteiger partial charge in [0.1, 0.15) is 5.78 Å². The summed E-state index contributed by atoms with van der Waals surface area (Å²) in [7, 11) is 10.2. The van der Waals surface area contributed by atoms with Crippen LogP contribution in [0.25, 0.3) is 36.5 Å². The van der Waals surface area contributed by atoms with Crippen molar-refractivity contribution in [2.45, 2.75) is 81.1 Å². The molecule has 25 nitrogen and oxygen atoms in total. The monoisotopic (exact) mass is 1450 g/mol. The Kier molecular flexibility index (Phi) is 41.7. The maximum atomic E-state index is 10.9. The normalized spacial score (nSPS) is 10.5. The lowest BCUT2D eigenvalue weighted by Gasteiger charge is -2.13. The fourth-order valence-electron chi connectivity index (χ4n) is 8.48. The molecule has 0 atom stereocenters. The maximum absolute atomic E-state index is 10.9. The van der Waals surface area contributed by atoms with Crippen LogP contribution in [0, 0.1) is 0 Å². The number of Topliss-reactive ketones (excluding diaryl/α,β-unsaturated/α-hetero) is 1. The summed E-state index contributed by atoms with van der Waals surface area (Å²) < 4.78 is 35.1. The molecule has 105 heavy (non-hydrogen) atoms. The third kappa shape index (κ3) is 31.5. The minimum atomic E-state index is -0.587. The van der Waals surface area contributed by atoms with Crippen molar-refractivity contribution in [2.24, 2.45) is 0 Å². The molecule has 0 saturated carbocycles. The molecule has 0 unspecified atom stereocenters. The van der Waals surface area contributed by atoms with Crippen molar-refractivity contribution in [1.82, 2.24) is 0 Å². The van der Waals surface area contributed by atoms with Crippen LogP contribution in [0.15, 0.2) is 140 Å². The minimum absolute atomic E-state index is 0.0356. The van der Waals surface area contributed by atoms with Crippen molar-refractivity contribution >= 4 is 76.9 Å². The van der Waals surface area contributed by atoms with Gasteiger partial charge >= 0.3 is 0 Å². The summed E-state index contributed by atoms with van der Waals surface area (Å²) in [5.41, 5.74) is 5.76. The summed E-state index contributed by atoms with van der Waals surface area (Å²) in [6.45, 7) is 9.40. The molecule has 25 heteroatoms. The van der Waals surface area contributed by atoms with Crippen LogP contribution < -0.4 is 33.2 Å². The maximum Gasteiger partial charge on any atom is 0.203 e. The fourth-order valence-corrected chi connectivity index (χ4v) is 8.48. The van der Waals surface area contributed by atoms with Gasteiger partial charge in [-0.15, -0.1) is 0 Å². The number of aromatic hydroxyl groups is 8. The number of aliphatic hydroxyl groups is 3. The Labute approximate surface area is 609 Å². The first kappa shape index (κ1) is 90.6. The van der Waals surface area contributed by atoms with E-state index in [9.17, 15) is 74.4 Å². The molecule has 0 spiro atoms. The van der Waals surface area contributed by atoms with E-state index in [0.717, 1.165) is 12.0 Å². The number of methoxy groups -OCH3 is 7. The molecule has 0 fully saturated rings. The van der Waals surface area contributed by atoms with Crippen LogP contribution >= 0.6 is 0 Å². The van der Waals surface area contributed by atoms with Crippen LogP contribution in [-0.2, 0) is 59.8 Å². The van der Waals surface area contributed by atoms with E-state index in [-0.39, 0.29) is 112 Å². The number of hydrogen-bond donors (Lipinski definition) is 11. The molecule has 0 aliphatic heterocycles. The van der Waals surface area contributed by atoms with E-state index >= 15 is 0 Å². The lowest BCUT2D eigenvalue weighted by Crippen LogP contribution is -1.98. The van der Waals surface area contributed by atoms with Gasteiger partial charge in [0.05, 0.1) is 69.6 Å². The average Bonchev–Trinajstić information content (AvgIpc) is 0.488. The topological polar surface area (TPSA) is 407 Å². The molecule has 0 aliphatic carbocycles. The Hall–Kier alpha value is -12.5. The third-order valence-electron chi connectivity index (χ3n) is 13.8. The van der Waals surface area contributed by atoms with Crippen LogP contribution in [-0.4, -0.2) is 146 Å². The number of benzene rings is 7. The van der Waals surface area contributed by atoms with Gasteiger partial charge in [0.25, 0.3) is 0 Å². The summed E-state index contributed by atoms with van der Waals surface area (Å²) in [5, 5.41) is 103. The number of aliphatic hydroxyl groups excluding tert-OH is 3. The molecule has 7 aromatic rings. The van der Waals surface area contributed by atoms with Gasteiger partial charge in [-0.3, -0.25) is 28.8 Å². The Morgan fingerprint density at radius 3 is 0.971 bits per heavy atom. The van der Waals surface area contributed by atoms with Crippen LogP contribution in [0.4, 0.5) is 0 Å². The summed E-state index contributed by atoms with van der Waals surface area (Å²) >= 11 is 0. The number of ether oxygens (including phenoxy) is 7. The van der Waals surface area contributed by atoms with Crippen molar-refractivity contribution in [2.75, 3.05) is 49.8 Å². The first-order valence-corrected chi connectivity index (χ1v) is 31.6. The lowest BCUT2D eigenvalue weighted by atomic mass is 10.1. The van der Waals surface area contributed by atoms with Crippen molar-refractivity contribution in [3.8, 4) is 86.2 Å². The van der Waals surface area contributed by atoms with Gasteiger partial charge in [-0.05, 0) is 186 Å². The van der Waals surface area contributed by atoms with Crippen molar-refractivity contribution in [3.05, 3.63) is 195 Å². The largest absolute Gasteiger partial charge is 0.504 e. The Balaban J connectivity index is 0.000000614. The molecule has 0 saturated heterocycles. The second-order valence-corrected chi connectivity index (χ2v) is 21.7. The van der Waals surface area contributed by atoms with Gasteiger partial charge in [-0.2, -0.15) is 0 Å².